The molecule has 0 aromatic heterocycles. The predicted molar refractivity (Wildman–Crippen MR) is 82.6 cm³/mol. The van der Waals surface area contributed by atoms with E-state index in [2.05, 4.69) is 0 Å². The van der Waals surface area contributed by atoms with Crippen LogP contribution >= 0.6 is 11.6 Å². The highest BCUT2D eigenvalue weighted by Gasteiger charge is 2.31. The number of likely N-dealkylation sites (N-methyl/N-ethyl adjacent to an activating group) is 1. The normalized spacial score (nSPS) is 23.4. The van der Waals surface area contributed by atoms with Crippen molar-refractivity contribution in [3.05, 3.63) is 29.3 Å². The van der Waals surface area contributed by atoms with E-state index < -0.39 is 12.2 Å². The van der Waals surface area contributed by atoms with Gasteiger partial charge in [-0.15, -0.1) is 0 Å². The molecule has 5 heteroatoms. The summed E-state index contributed by atoms with van der Waals surface area (Å²) in [6, 6.07) is 6.82. The molecule has 0 bridgehead atoms. The van der Waals surface area contributed by atoms with Crippen LogP contribution in [0.1, 0.15) is 32.6 Å². The first-order valence-corrected chi connectivity index (χ1v) is 7.74. The van der Waals surface area contributed by atoms with Crippen LogP contribution in [0.15, 0.2) is 24.3 Å². The topological polar surface area (TPSA) is 49.8 Å². The summed E-state index contributed by atoms with van der Waals surface area (Å²) in [6.07, 6.45) is 2.65. The van der Waals surface area contributed by atoms with Gasteiger partial charge < -0.3 is 14.7 Å². The first kappa shape index (κ1) is 16.1. The fourth-order valence-corrected chi connectivity index (χ4v) is 2.89. The minimum Gasteiger partial charge on any atom is -0.481 e. The average molecular weight is 312 g/mol. The van der Waals surface area contributed by atoms with Crippen molar-refractivity contribution in [2.24, 2.45) is 0 Å². The minimum absolute atomic E-state index is 0.109. The summed E-state index contributed by atoms with van der Waals surface area (Å²) in [6.45, 7) is 1.72. The molecule has 1 fully saturated rings. The molecule has 0 unspecified atom stereocenters. The van der Waals surface area contributed by atoms with Gasteiger partial charge in [-0.1, -0.05) is 24.4 Å². The second-order valence-corrected chi connectivity index (χ2v) is 6.02. The van der Waals surface area contributed by atoms with E-state index in [9.17, 15) is 9.90 Å². The largest absolute Gasteiger partial charge is 0.481 e. The molecule has 4 nitrogen and oxygen atoms in total. The first-order chi connectivity index (χ1) is 9.99. The van der Waals surface area contributed by atoms with Crippen LogP contribution in [0.4, 0.5) is 0 Å². The Morgan fingerprint density at radius 3 is 2.57 bits per heavy atom. The second kappa shape index (κ2) is 7.14. The molecule has 0 aliphatic heterocycles. The molecule has 1 aromatic rings. The fourth-order valence-electron chi connectivity index (χ4n) is 2.76. The van der Waals surface area contributed by atoms with Gasteiger partial charge in [-0.25, -0.2) is 0 Å². The van der Waals surface area contributed by atoms with E-state index in [1.807, 2.05) is 0 Å². The van der Waals surface area contributed by atoms with Crippen LogP contribution in [0.3, 0.4) is 0 Å². The van der Waals surface area contributed by atoms with E-state index in [0.29, 0.717) is 10.8 Å². The highest BCUT2D eigenvalue weighted by Crippen LogP contribution is 2.23. The van der Waals surface area contributed by atoms with Crippen molar-refractivity contribution < 1.29 is 14.6 Å². The number of amides is 1. The molecule has 1 N–H and O–H groups in total. The van der Waals surface area contributed by atoms with Gasteiger partial charge in [-0.05, 0) is 44.0 Å². The molecule has 1 aliphatic carbocycles. The van der Waals surface area contributed by atoms with Crippen LogP contribution < -0.4 is 4.74 Å². The maximum atomic E-state index is 12.4. The average Bonchev–Trinajstić information content (AvgIpc) is 2.48. The lowest BCUT2D eigenvalue weighted by molar-refractivity contribution is -0.142. The number of aliphatic hydroxyl groups excluding tert-OH is 1. The van der Waals surface area contributed by atoms with E-state index in [0.717, 1.165) is 25.7 Å². The van der Waals surface area contributed by atoms with Gasteiger partial charge in [0, 0.05) is 12.1 Å². The molecule has 116 valence electrons. The summed E-state index contributed by atoms with van der Waals surface area (Å²) < 4.78 is 5.65. The number of halogens is 1. The van der Waals surface area contributed by atoms with Crippen molar-refractivity contribution in [3.63, 3.8) is 0 Å². The number of rotatable bonds is 4. The van der Waals surface area contributed by atoms with Crippen molar-refractivity contribution in [1.29, 1.82) is 0 Å². The fraction of sp³-hybridized carbons (Fsp3) is 0.562. The lowest BCUT2D eigenvalue weighted by Gasteiger charge is -2.36. The predicted octanol–water partition coefficient (Wildman–Crippen LogP) is 2.87. The number of hydrogen-bond donors (Lipinski definition) is 1. The third kappa shape index (κ3) is 4.11. The SMILES string of the molecule is C[C@H](Oc1ccc(Cl)cc1)C(=O)N(C)[C@H]1CCCC[C@H]1O. The van der Waals surface area contributed by atoms with Gasteiger partial charge in [0.05, 0.1) is 12.1 Å². The molecule has 1 amide bonds. The Labute approximate surface area is 130 Å². The zero-order chi connectivity index (χ0) is 15.4. The monoisotopic (exact) mass is 311 g/mol. The van der Waals surface area contributed by atoms with Crippen molar-refractivity contribution in [3.8, 4) is 5.75 Å². The van der Waals surface area contributed by atoms with Gasteiger partial charge in [0.25, 0.3) is 5.91 Å². The Kier molecular flexibility index (Phi) is 5.48. The number of aliphatic hydroxyl groups is 1. The Morgan fingerprint density at radius 2 is 1.95 bits per heavy atom. The van der Waals surface area contributed by atoms with E-state index in [-0.39, 0.29) is 11.9 Å². The highest BCUT2D eigenvalue weighted by atomic mass is 35.5. The zero-order valence-electron chi connectivity index (χ0n) is 12.5. The van der Waals surface area contributed by atoms with Gasteiger partial charge in [-0.3, -0.25) is 4.79 Å². The smallest absolute Gasteiger partial charge is 0.263 e. The molecule has 21 heavy (non-hydrogen) atoms. The van der Waals surface area contributed by atoms with Gasteiger partial charge in [0.2, 0.25) is 0 Å². The van der Waals surface area contributed by atoms with Crippen molar-refractivity contribution in [1.82, 2.24) is 4.90 Å². The van der Waals surface area contributed by atoms with Crippen LogP contribution in [0, 0.1) is 0 Å². The van der Waals surface area contributed by atoms with Gasteiger partial charge in [-0.2, -0.15) is 0 Å². The van der Waals surface area contributed by atoms with Gasteiger partial charge >= 0.3 is 0 Å². The highest BCUT2D eigenvalue weighted by molar-refractivity contribution is 6.30. The molecular weight excluding hydrogens is 290 g/mol. The first-order valence-electron chi connectivity index (χ1n) is 7.36. The molecule has 0 spiro atoms. The molecule has 1 saturated carbocycles. The molecule has 0 saturated heterocycles. The second-order valence-electron chi connectivity index (χ2n) is 5.58. The quantitative estimate of drug-likeness (QED) is 0.930. The zero-order valence-corrected chi connectivity index (χ0v) is 13.2. The van der Waals surface area contributed by atoms with Crippen LogP contribution in [0.5, 0.6) is 5.75 Å². The molecule has 0 heterocycles. The summed E-state index contributed by atoms with van der Waals surface area (Å²) in [5, 5.41) is 10.7. The van der Waals surface area contributed by atoms with Crippen molar-refractivity contribution in [2.75, 3.05) is 7.05 Å². The van der Waals surface area contributed by atoms with Crippen molar-refractivity contribution in [2.45, 2.75) is 50.9 Å². The van der Waals surface area contributed by atoms with E-state index in [1.54, 1.807) is 43.1 Å². The van der Waals surface area contributed by atoms with E-state index >= 15 is 0 Å². The minimum atomic E-state index is -0.592. The molecule has 1 aliphatic rings. The molecule has 2 rings (SSSR count). The van der Waals surface area contributed by atoms with Gasteiger partial charge in [0.1, 0.15) is 5.75 Å². The molecular formula is C16H22ClNO3. The van der Waals surface area contributed by atoms with Gasteiger partial charge in [0.15, 0.2) is 6.10 Å². The Morgan fingerprint density at radius 1 is 1.33 bits per heavy atom. The molecule has 1 aromatic carbocycles. The number of benzene rings is 1. The number of ether oxygens (including phenoxy) is 1. The summed E-state index contributed by atoms with van der Waals surface area (Å²) in [7, 11) is 1.74. The van der Waals surface area contributed by atoms with E-state index in [4.69, 9.17) is 16.3 Å². The van der Waals surface area contributed by atoms with Crippen LogP contribution in [-0.4, -0.2) is 41.2 Å². The summed E-state index contributed by atoms with van der Waals surface area (Å²) in [5.41, 5.74) is 0. The number of nitrogens with zero attached hydrogens (tertiary/aromatic N) is 1. The lowest BCUT2D eigenvalue weighted by Crippen LogP contribution is -2.50. The standard InChI is InChI=1S/C16H22ClNO3/c1-11(21-13-9-7-12(17)8-10-13)16(20)18(2)14-5-3-4-6-15(14)19/h7-11,14-15,19H,3-6H2,1-2H3/t11-,14-,15+/m0/s1. The van der Waals surface area contributed by atoms with Crippen LogP contribution in [0.2, 0.25) is 5.02 Å². The Balaban J connectivity index is 1.96. The third-order valence-corrected chi connectivity index (χ3v) is 4.27. The summed E-state index contributed by atoms with van der Waals surface area (Å²) in [4.78, 5) is 14.1. The number of carbonyl (C=O) groups excluding carboxylic acids is 1. The lowest BCUT2D eigenvalue weighted by atomic mass is 9.91. The maximum Gasteiger partial charge on any atom is 0.263 e. The van der Waals surface area contributed by atoms with Crippen LogP contribution in [0.25, 0.3) is 0 Å². The van der Waals surface area contributed by atoms with Crippen molar-refractivity contribution >= 4 is 17.5 Å². The molecule has 3 atom stereocenters. The maximum absolute atomic E-state index is 12.4. The third-order valence-electron chi connectivity index (χ3n) is 4.01. The number of hydrogen-bond acceptors (Lipinski definition) is 3. The van der Waals surface area contributed by atoms with Crippen LogP contribution in [-0.2, 0) is 4.79 Å². The summed E-state index contributed by atoms with van der Waals surface area (Å²) >= 11 is 5.82. The Hall–Kier alpha value is -1.26. The van der Waals surface area contributed by atoms with E-state index in [1.165, 1.54) is 0 Å². The Bertz CT molecular complexity index is 477. The summed E-state index contributed by atoms with van der Waals surface area (Å²) in [5.74, 6) is 0.494. The molecule has 0 radical (unpaired) electrons. The number of carbonyl (C=O) groups is 1.